The molecule has 4 rings (SSSR count). The van der Waals surface area contributed by atoms with Crippen molar-refractivity contribution in [3.8, 4) is 11.4 Å². The fourth-order valence-corrected chi connectivity index (χ4v) is 4.43. The highest BCUT2D eigenvalue weighted by Gasteiger charge is 2.14. The van der Waals surface area contributed by atoms with Gasteiger partial charge in [-0.15, -0.1) is 11.8 Å². The van der Waals surface area contributed by atoms with E-state index in [-0.39, 0.29) is 11.4 Å². The van der Waals surface area contributed by atoms with E-state index in [1.165, 1.54) is 28.5 Å². The van der Waals surface area contributed by atoms with Crippen LogP contribution < -0.4 is 10.3 Å². The van der Waals surface area contributed by atoms with Crippen LogP contribution in [0.25, 0.3) is 16.6 Å². The van der Waals surface area contributed by atoms with E-state index in [0.29, 0.717) is 27.6 Å². The lowest BCUT2D eigenvalue weighted by molar-refractivity contribution is 0.412. The summed E-state index contributed by atoms with van der Waals surface area (Å²) in [5.74, 6) is 0.842. The summed E-state index contributed by atoms with van der Waals surface area (Å²) in [6, 6.07) is 21.7. The van der Waals surface area contributed by atoms with Crippen LogP contribution in [0.4, 0.5) is 4.39 Å². The topological polar surface area (TPSA) is 31.2 Å². The Morgan fingerprint density at radius 3 is 2.59 bits per heavy atom. The Bertz CT molecular complexity index is 1240. The molecule has 0 saturated heterocycles. The molecule has 1 aromatic heterocycles. The van der Waals surface area contributed by atoms with Gasteiger partial charge < -0.3 is 4.74 Å². The van der Waals surface area contributed by atoms with Crippen molar-refractivity contribution >= 4 is 38.6 Å². The maximum Gasteiger partial charge on any atom is 0.255 e. The van der Waals surface area contributed by atoms with Gasteiger partial charge in [-0.3, -0.25) is 9.36 Å². The first kappa shape index (κ1) is 19.7. The normalized spacial score (nSPS) is 11.0. The first-order valence-corrected chi connectivity index (χ1v) is 10.7. The highest BCUT2D eigenvalue weighted by molar-refractivity contribution is 9.10. The minimum Gasteiger partial charge on any atom is -0.495 e. The summed E-state index contributed by atoms with van der Waals surface area (Å²) in [5, 5.41) is 0.784. The van der Waals surface area contributed by atoms with Crippen LogP contribution >= 0.6 is 27.7 Å². The molecule has 0 N–H and O–H groups in total. The lowest BCUT2D eigenvalue weighted by Gasteiger charge is -2.15. The summed E-state index contributed by atoms with van der Waals surface area (Å²) in [6.07, 6.45) is 0. The molecule has 0 fully saturated rings. The van der Waals surface area contributed by atoms with Gasteiger partial charge in [0.1, 0.15) is 11.6 Å². The van der Waals surface area contributed by atoms with Crippen molar-refractivity contribution in [2.75, 3.05) is 7.11 Å². The van der Waals surface area contributed by atoms with Crippen LogP contribution in [-0.4, -0.2) is 11.7 Å². The lowest BCUT2D eigenvalue weighted by atomic mass is 10.2. The minimum absolute atomic E-state index is 0.248. The number of halogens is 2. The average molecular weight is 470 g/mol. The Kier molecular flexibility index (Phi) is 5.74. The van der Waals surface area contributed by atoms with Gasteiger partial charge in [-0.05, 0) is 42.0 Å². The summed E-state index contributed by atoms with van der Waals surface area (Å²) in [7, 11) is 1.54. The van der Waals surface area contributed by atoms with Gasteiger partial charge in [0, 0.05) is 26.6 Å². The molecule has 0 aliphatic heterocycles. The number of hydrogen-bond acceptors (Lipinski definition) is 3. The Labute approximate surface area is 180 Å². The molecule has 3 nitrogen and oxygen atoms in total. The fraction of sp³-hybridized carbons (Fsp3) is 0.0870. The average Bonchev–Trinajstić information content (AvgIpc) is 2.73. The van der Waals surface area contributed by atoms with Gasteiger partial charge in [-0.2, -0.15) is 0 Å². The molecule has 0 radical (unpaired) electrons. The van der Waals surface area contributed by atoms with Crippen LogP contribution in [0.3, 0.4) is 0 Å². The molecule has 3 aromatic carbocycles. The minimum atomic E-state index is -0.353. The van der Waals surface area contributed by atoms with E-state index in [4.69, 9.17) is 4.74 Å². The summed E-state index contributed by atoms with van der Waals surface area (Å²) in [5.41, 5.74) is 1.94. The lowest BCUT2D eigenvalue weighted by Crippen LogP contribution is -2.18. The van der Waals surface area contributed by atoms with Gasteiger partial charge >= 0.3 is 0 Å². The molecule has 0 spiro atoms. The first-order valence-electron chi connectivity index (χ1n) is 8.93. The summed E-state index contributed by atoms with van der Waals surface area (Å²) >= 11 is 4.84. The van der Waals surface area contributed by atoms with Gasteiger partial charge in [0.2, 0.25) is 0 Å². The zero-order valence-electron chi connectivity index (χ0n) is 15.6. The van der Waals surface area contributed by atoms with E-state index in [2.05, 4.69) is 15.9 Å². The number of ether oxygens (including phenoxy) is 1. The maximum absolute atomic E-state index is 14.9. The molecule has 1 heterocycles. The third-order valence-corrected chi connectivity index (χ3v) is 6.16. The van der Waals surface area contributed by atoms with Crippen LogP contribution in [0.2, 0.25) is 0 Å². The summed E-state index contributed by atoms with van der Waals surface area (Å²) < 4.78 is 22.7. The molecule has 0 saturated carbocycles. The summed E-state index contributed by atoms with van der Waals surface area (Å²) in [6.45, 7) is 0. The van der Waals surface area contributed by atoms with Gasteiger partial charge in [0.15, 0.2) is 0 Å². The Morgan fingerprint density at radius 1 is 1.03 bits per heavy atom. The van der Waals surface area contributed by atoms with Crippen molar-refractivity contribution in [3.63, 3.8) is 0 Å². The molecular weight excluding hydrogens is 453 g/mol. The van der Waals surface area contributed by atoms with Crippen LogP contribution in [-0.2, 0) is 5.75 Å². The highest BCUT2D eigenvalue weighted by atomic mass is 79.9. The predicted molar refractivity (Wildman–Crippen MR) is 120 cm³/mol. The zero-order valence-corrected chi connectivity index (χ0v) is 18.0. The van der Waals surface area contributed by atoms with Crippen LogP contribution in [0.15, 0.2) is 87.0 Å². The van der Waals surface area contributed by atoms with Crippen molar-refractivity contribution in [2.45, 2.75) is 10.6 Å². The number of methoxy groups -OCH3 is 1. The first-order chi connectivity index (χ1) is 14.1. The Morgan fingerprint density at radius 2 is 1.83 bits per heavy atom. The van der Waals surface area contributed by atoms with E-state index in [1.54, 1.807) is 31.4 Å². The number of fused-ring (bicyclic) bond motifs is 1. The number of pyridine rings is 1. The number of thioether (sulfide) groups is 1. The number of nitrogens with zero attached hydrogens (tertiary/aromatic N) is 1. The second-order valence-electron chi connectivity index (χ2n) is 6.44. The molecule has 0 atom stereocenters. The Hall–Kier alpha value is -2.57. The van der Waals surface area contributed by atoms with E-state index in [9.17, 15) is 9.18 Å². The molecule has 0 unspecified atom stereocenters. The standard InChI is InChI=1S/C23H17BrFNO2S/c1-28-21-12-17(24)8-9-19(21)26-20-13-18(25)22(11-16(20)7-10-23(26)27)29-14-15-5-3-2-4-6-15/h2-13H,14H2,1H3. The molecule has 146 valence electrons. The van der Waals surface area contributed by atoms with Gasteiger partial charge in [-0.25, -0.2) is 4.39 Å². The van der Waals surface area contributed by atoms with Crippen molar-refractivity contribution in [2.24, 2.45) is 0 Å². The van der Waals surface area contributed by atoms with Crippen molar-refractivity contribution < 1.29 is 9.13 Å². The van der Waals surface area contributed by atoms with Gasteiger partial charge in [-0.1, -0.05) is 46.3 Å². The maximum atomic E-state index is 14.9. The second-order valence-corrected chi connectivity index (χ2v) is 8.37. The van der Waals surface area contributed by atoms with E-state index in [0.717, 1.165) is 15.4 Å². The van der Waals surface area contributed by atoms with Gasteiger partial charge in [0.05, 0.1) is 18.3 Å². The van der Waals surface area contributed by atoms with E-state index < -0.39 is 0 Å². The fourth-order valence-electron chi connectivity index (χ4n) is 3.17. The molecule has 0 amide bonds. The Balaban J connectivity index is 1.80. The SMILES string of the molecule is COc1cc(Br)ccc1-n1c(=O)ccc2cc(SCc3ccccc3)c(F)cc21. The molecule has 0 bridgehead atoms. The molecule has 29 heavy (non-hydrogen) atoms. The van der Waals surface area contributed by atoms with Crippen molar-refractivity contribution in [1.82, 2.24) is 4.57 Å². The van der Waals surface area contributed by atoms with E-state index in [1.807, 2.05) is 36.4 Å². The molecule has 0 aliphatic rings. The van der Waals surface area contributed by atoms with Crippen molar-refractivity contribution in [3.05, 3.63) is 99.0 Å². The molecule has 6 heteroatoms. The van der Waals surface area contributed by atoms with Crippen molar-refractivity contribution in [1.29, 1.82) is 0 Å². The largest absolute Gasteiger partial charge is 0.495 e. The third kappa shape index (κ3) is 4.09. The molecule has 0 aliphatic carbocycles. The monoisotopic (exact) mass is 469 g/mol. The predicted octanol–water partition coefficient (Wildman–Crippen LogP) is 6.19. The number of benzene rings is 3. The molecule has 4 aromatic rings. The summed E-state index contributed by atoms with van der Waals surface area (Å²) in [4.78, 5) is 13.2. The quantitative estimate of drug-likeness (QED) is 0.326. The number of rotatable bonds is 5. The number of aromatic nitrogens is 1. The second kappa shape index (κ2) is 8.43. The van der Waals surface area contributed by atoms with E-state index >= 15 is 0 Å². The highest BCUT2D eigenvalue weighted by Crippen LogP contribution is 2.32. The number of hydrogen-bond donors (Lipinski definition) is 0. The van der Waals surface area contributed by atoms with Crippen LogP contribution in [0, 0.1) is 5.82 Å². The van der Waals surface area contributed by atoms with Crippen LogP contribution in [0.5, 0.6) is 5.75 Å². The van der Waals surface area contributed by atoms with Gasteiger partial charge in [0.25, 0.3) is 5.56 Å². The third-order valence-electron chi connectivity index (χ3n) is 4.57. The van der Waals surface area contributed by atoms with Crippen LogP contribution in [0.1, 0.15) is 5.56 Å². The smallest absolute Gasteiger partial charge is 0.255 e. The molecular formula is C23H17BrFNO2S. The zero-order chi connectivity index (χ0) is 20.4.